The second kappa shape index (κ2) is 10.9. The molecule has 198 valence electrons. The van der Waals surface area contributed by atoms with Gasteiger partial charge in [-0.3, -0.25) is 4.79 Å². The fourth-order valence-corrected chi connectivity index (χ4v) is 5.56. The van der Waals surface area contributed by atoms with E-state index >= 15 is 0 Å². The number of carbonyl (C=O) groups is 1. The molecule has 1 aromatic heterocycles. The van der Waals surface area contributed by atoms with E-state index < -0.39 is 17.5 Å². The summed E-state index contributed by atoms with van der Waals surface area (Å²) in [5, 5.41) is 9.29. The van der Waals surface area contributed by atoms with Gasteiger partial charge in [-0.15, -0.1) is 0 Å². The van der Waals surface area contributed by atoms with Gasteiger partial charge in [0.25, 0.3) is 0 Å². The van der Waals surface area contributed by atoms with Crippen molar-refractivity contribution in [2.45, 2.75) is 32.8 Å². The summed E-state index contributed by atoms with van der Waals surface area (Å²) in [5.74, 6) is -0.633. The Balaban J connectivity index is 0.000000983. The maximum absolute atomic E-state index is 14.8. The highest BCUT2D eigenvalue weighted by molar-refractivity contribution is 7.51. The van der Waals surface area contributed by atoms with E-state index in [2.05, 4.69) is 60.4 Å². The standard InChI is InChI=1S/C31H26FNO3.O2S/c1-17-3-5-19(6-4-17)20-7-9-21(10-8-20)24-13-23(27(32)11-18(24)2)16-36-28-14-22-12-25-29(26(22)15-33-28)30(25)31(34)35;1-3-2/h3-11,13-15,25,29-30H,12,16H2,1-2H3,(H,34,35);/t25-,29-,30+;/m1./s1. The van der Waals surface area contributed by atoms with Crippen LogP contribution in [-0.2, 0) is 29.4 Å². The third-order valence-corrected chi connectivity index (χ3v) is 7.62. The molecule has 0 bridgehead atoms. The summed E-state index contributed by atoms with van der Waals surface area (Å²) < 4.78 is 37.3. The highest BCUT2D eigenvalue weighted by Crippen LogP contribution is 2.61. The molecule has 1 heterocycles. The number of hydrogen-bond donors (Lipinski definition) is 1. The fraction of sp³-hybridized carbons (Fsp3) is 0.226. The number of rotatable bonds is 6. The van der Waals surface area contributed by atoms with Crippen molar-refractivity contribution in [2.75, 3.05) is 0 Å². The number of fused-ring (bicyclic) bond motifs is 3. The molecule has 1 saturated carbocycles. The molecule has 2 aliphatic carbocycles. The van der Waals surface area contributed by atoms with Gasteiger partial charge in [-0.2, -0.15) is 8.42 Å². The van der Waals surface area contributed by atoms with Crippen molar-refractivity contribution in [3.8, 4) is 28.1 Å². The van der Waals surface area contributed by atoms with Crippen molar-refractivity contribution >= 4 is 17.5 Å². The SMILES string of the molecule is Cc1ccc(-c2ccc(-c3cc(COc4cc5c(cn4)[C@H]4[C@@H](C5)[C@@H]4C(=O)O)c(F)cc3C)cc2)cc1.O=S=O. The molecule has 6 rings (SSSR count). The first kappa shape index (κ1) is 26.4. The molecule has 6 nitrogen and oxygen atoms in total. The summed E-state index contributed by atoms with van der Waals surface area (Å²) in [6, 6.07) is 22.0. The minimum Gasteiger partial charge on any atom is -0.481 e. The fourth-order valence-electron chi connectivity index (χ4n) is 5.56. The lowest BCUT2D eigenvalue weighted by atomic mass is 9.95. The zero-order chi connectivity index (χ0) is 27.7. The Morgan fingerprint density at radius 1 is 1.00 bits per heavy atom. The van der Waals surface area contributed by atoms with Crippen LogP contribution in [-0.4, -0.2) is 24.5 Å². The van der Waals surface area contributed by atoms with Gasteiger partial charge in [0.2, 0.25) is 5.88 Å². The monoisotopic (exact) mass is 543 g/mol. The summed E-state index contributed by atoms with van der Waals surface area (Å²) in [4.78, 5) is 15.7. The summed E-state index contributed by atoms with van der Waals surface area (Å²) >= 11 is -0.750. The zero-order valence-corrected chi connectivity index (χ0v) is 22.2. The van der Waals surface area contributed by atoms with E-state index in [9.17, 15) is 14.3 Å². The van der Waals surface area contributed by atoms with Gasteiger partial charge < -0.3 is 9.84 Å². The lowest BCUT2D eigenvalue weighted by Gasteiger charge is -2.13. The largest absolute Gasteiger partial charge is 0.481 e. The number of aryl methyl sites for hydroxylation is 2. The second-order valence-electron chi connectivity index (χ2n) is 10.0. The van der Waals surface area contributed by atoms with Crippen LogP contribution in [0.1, 0.15) is 33.7 Å². The Labute approximate surface area is 229 Å². The van der Waals surface area contributed by atoms with Gasteiger partial charge in [0.15, 0.2) is 0 Å². The quantitative estimate of drug-likeness (QED) is 0.318. The van der Waals surface area contributed by atoms with Crippen LogP contribution in [0.15, 0.2) is 72.9 Å². The molecule has 2 aliphatic rings. The van der Waals surface area contributed by atoms with E-state index in [-0.39, 0.29) is 30.2 Å². The average Bonchev–Trinajstić information content (AvgIpc) is 3.52. The molecule has 8 heteroatoms. The summed E-state index contributed by atoms with van der Waals surface area (Å²) in [7, 11) is 0. The van der Waals surface area contributed by atoms with Gasteiger partial charge >= 0.3 is 17.5 Å². The van der Waals surface area contributed by atoms with Crippen LogP contribution >= 0.6 is 0 Å². The van der Waals surface area contributed by atoms with Crippen molar-refractivity contribution in [1.29, 1.82) is 0 Å². The van der Waals surface area contributed by atoms with E-state index in [1.807, 2.05) is 19.1 Å². The molecule has 3 atom stereocenters. The Morgan fingerprint density at radius 2 is 1.62 bits per heavy atom. The molecule has 4 aromatic rings. The molecule has 0 radical (unpaired) electrons. The molecule has 39 heavy (non-hydrogen) atoms. The third-order valence-electron chi connectivity index (χ3n) is 7.62. The van der Waals surface area contributed by atoms with Crippen LogP contribution < -0.4 is 4.74 Å². The van der Waals surface area contributed by atoms with Gasteiger partial charge in [-0.25, -0.2) is 9.37 Å². The summed E-state index contributed by atoms with van der Waals surface area (Å²) in [6.45, 7) is 4.05. The topological polar surface area (TPSA) is 93.6 Å². The van der Waals surface area contributed by atoms with E-state index in [0.717, 1.165) is 45.4 Å². The lowest BCUT2D eigenvalue weighted by molar-refractivity contribution is -0.139. The number of pyridine rings is 1. The first-order valence-electron chi connectivity index (χ1n) is 12.5. The van der Waals surface area contributed by atoms with E-state index in [4.69, 9.17) is 13.2 Å². The normalized spacial score (nSPS) is 18.3. The van der Waals surface area contributed by atoms with Crippen molar-refractivity contribution in [1.82, 2.24) is 4.98 Å². The minimum atomic E-state index is -0.750. The van der Waals surface area contributed by atoms with Gasteiger partial charge in [0.1, 0.15) is 12.4 Å². The van der Waals surface area contributed by atoms with Crippen molar-refractivity contribution in [2.24, 2.45) is 11.8 Å². The van der Waals surface area contributed by atoms with Crippen LogP contribution in [0.2, 0.25) is 0 Å². The number of hydrogen-bond acceptors (Lipinski definition) is 5. The minimum absolute atomic E-state index is 0.0664. The molecule has 0 unspecified atom stereocenters. The molecule has 0 amide bonds. The van der Waals surface area contributed by atoms with Gasteiger partial charge in [0.05, 0.1) is 5.92 Å². The van der Waals surface area contributed by atoms with Gasteiger partial charge in [0, 0.05) is 23.7 Å². The van der Waals surface area contributed by atoms with Crippen LogP contribution in [0.4, 0.5) is 4.39 Å². The lowest BCUT2D eigenvalue weighted by Crippen LogP contribution is -2.06. The molecule has 0 aliphatic heterocycles. The number of nitrogens with zero attached hydrogens (tertiary/aromatic N) is 1. The van der Waals surface area contributed by atoms with Gasteiger partial charge in [-0.05, 0) is 77.3 Å². The number of aliphatic carboxylic acids is 1. The molecular formula is C31H26FNO5S. The van der Waals surface area contributed by atoms with E-state index in [1.54, 1.807) is 12.3 Å². The number of ether oxygens (including phenoxy) is 1. The number of aromatic nitrogens is 1. The predicted octanol–water partition coefficient (Wildman–Crippen LogP) is 6.05. The van der Waals surface area contributed by atoms with E-state index in [1.165, 1.54) is 5.56 Å². The van der Waals surface area contributed by atoms with Crippen molar-refractivity contribution < 1.29 is 27.4 Å². The van der Waals surface area contributed by atoms with Gasteiger partial charge in [-0.1, -0.05) is 54.1 Å². The number of benzene rings is 3. The Morgan fingerprint density at radius 3 is 2.26 bits per heavy atom. The van der Waals surface area contributed by atoms with Crippen LogP contribution in [0.5, 0.6) is 5.88 Å². The molecule has 0 saturated heterocycles. The number of halogens is 1. The first-order valence-corrected chi connectivity index (χ1v) is 13.2. The zero-order valence-electron chi connectivity index (χ0n) is 21.4. The number of carboxylic acid groups (broad SMARTS) is 1. The Bertz CT molecular complexity index is 1580. The van der Waals surface area contributed by atoms with Crippen molar-refractivity contribution in [3.05, 3.63) is 107 Å². The maximum Gasteiger partial charge on any atom is 0.335 e. The summed E-state index contributed by atoms with van der Waals surface area (Å²) in [6.07, 6.45) is 2.46. The molecule has 1 N–H and O–H groups in total. The van der Waals surface area contributed by atoms with Crippen LogP contribution in [0.25, 0.3) is 22.3 Å². The highest BCUT2D eigenvalue weighted by atomic mass is 32.1. The molecule has 3 aromatic carbocycles. The van der Waals surface area contributed by atoms with Crippen molar-refractivity contribution in [3.63, 3.8) is 0 Å². The second-order valence-corrected chi connectivity index (χ2v) is 10.2. The maximum atomic E-state index is 14.8. The highest BCUT2D eigenvalue weighted by Gasteiger charge is 2.59. The molecule has 0 spiro atoms. The average molecular weight is 544 g/mol. The van der Waals surface area contributed by atoms with Crippen LogP contribution in [0.3, 0.4) is 0 Å². The number of carboxylic acids is 1. The molecule has 1 fully saturated rings. The third kappa shape index (κ3) is 5.38. The summed E-state index contributed by atoms with van der Waals surface area (Å²) in [5.41, 5.74) is 8.94. The Kier molecular flexibility index (Phi) is 7.39. The smallest absolute Gasteiger partial charge is 0.335 e. The molecular weight excluding hydrogens is 517 g/mol. The first-order chi connectivity index (χ1) is 18.8. The Hall–Kier alpha value is -4.17. The van der Waals surface area contributed by atoms with Crippen LogP contribution in [0, 0.1) is 31.5 Å². The predicted molar refractivity (Wildman–Crippen MR) is 145 cm³/mol. The van der Waals surface area contributed by atoms with E-state index in [0.29, 0.717) is 11.4 Å².